The summed E-state index contributed by atoms with van der Waals surface area (Å²) in [6.07, 6.45) is 4.55. The number of aromatic nitrogens is 1. The highest BCUT2D eigenvalue weighted by Gasteiger charge is 2.18. The van der Waals surface area contributed by atoms with Gasteiger partial charge in [0.25, 0.3) is 0 Å². The van der Waals surface area contributed by atoms with Gasteiger partial charge in [0.15, 0.2) is 0 Å². The summed E-state index contributed by atoms with van der Waals surface area (Å²) in [6.45, 7) is 5.77. The van der Waals surface area contributed by atoms with Crippen molar-refractivity contribution >= 4 is 10.9 Å². The Morgan fingerprint density at radius 3 is 2.82 bits per heavy atom. The normalized spacial score (nSPS) is 17.6. The van der Waals surface area contributed by atoms with Crippen LogP contribution < -0.4 is 5.32 Å². The number of nitrogens with one attached hydrogen (secondary N) is 2. The lowest BCUT2D eigenvalue weighted by atomic mass is 10.0. The van der Waals surface area contributed by atoms with E-state index in [-0.39, 0.29) is 0 Å². The summed E-state index contributed by atoms with van der Waals surface area (Å²) in [4.78, 5) is 8.14. The molecule has 120 valence electrons. The van der Waals surface area contributed by atoms with Gasteiger partial charge in [-0.15, -0.1) is 0 Å². The number of hydrogen-bond acceptors (Lipinski definition) is 3. The summed E-state index contributed by atoms with van der Waals surface area (Å²) in [5.74, 6) is 0. The van der Waals surface area contributed by atoms with Crippen LogP contribution >= 0.6 is 0 Å². The Bertz CT molecular complexity index is 582. The van der Waals surface area contributed by atoms with E-state index in [4.69, 9.17) is 0 Å². The summed E-state index contributed by atoms with van der Waals surface area (Å²) in [7, 11) is 4.30. The van der Waals surface area contributed by atoms with Crippen molar-refractivity contribution in [2.24, 2.45) is 0 Å². The van der Waals surface area contributed by atoms with Crippen LogP contribution in [0.4, 0.5) is 0 Å². The van der Waals surface area contributed by atoms with Gasteiger partial charge in [-0.2, -0.15) is 0 Å². The number of piperidine rings is 1. The third-order valence-corrected chi connectivity index (χ3v) is 4.72. The van der Waals surface area contributed by atoms with Gasteiger partial charge in [-0.25, -0.2) is 0 Å². The largest absolute Gasteiger partial charge is 0.361 e. The van der Waals surface area contributed by atoms with Gasteiger partial charge >= 0.3 is 0 Å². The number of benzene rings is 1. The summed E-state index contributed by atoms with van der Waals surface area (Å²) in [6, 6.07) is 9.35. The van der Waals surface area contributed by atoms with Crippen molar-refractivity contribution in [1.29, 1.82) is 0 Å². The molecule has 0 aliphatic carbocycles. The zero-order valence-corrected chi connectivity index (χ0v) is 13.8. The number of likely N-dealkylation sites (N-methyl/N-ethyl adjacent to an activating group) is 1. The Kier molecular flexibility index (Phi) is 5.13. The van der Waals surface area contributed by atoms with Gasteiger partial charge in [0.2, 0.25) is 0 Å². The second kappa shape index (κ2) is 7.27. The van der Waals surface area contributed by atoms with E-state index < -0.39 is 0 Å². The highest BCUT2D eigenvalue weighted by atomic mass is 15.2. The molecule has 0 bridgehead atoms. The van der Waals surface area contributed by atoms with Crippen LogP contribution in [0, 0.1) is 0 Å². The molecule has 1 aliphatic heterocycles. The first kappa shape index (κ1) is 15.5. The predicted molar refractivity (Wildman–Crippen MR) is 93.2 cm³/mol. The third-order valence-electron chi connectivity index (χ3n) is 4.72. The van der Waals surface area contributed by atoms with Crippen molar-refractivity contribution in [2.75, 3.05) is 40.3 Å². The van der Waals surface area contributed by atoms with Crippen LogP contribution in [-0.2, 0) is 6.54 Å². The van der Waals surface area contributed by atoms with Gasteiger partial charge in [0.1, 0.15) is 0 Å². The van der Waals surface area contributed by atoms with Crippen LogP contribution in [0.15, 0.2) is 30.5 Å². The summed E-state index contributed by atoms with van der Waals surface area (Å²) in [5, 5.41) is 5.10. The molecule has 1 aliphatic rings. The molecule has 2 heterocycles. The standard InChI is InChI=1S/C18H28N4/c1-21(2)12-13-22-10-7-16(8-11-22)20-14-15-4-3-5-18-17(15)6-9-19-18/h3-6,9,16,19-20H,7-8,10-14H2,1-2H3. The molecular weight excluding hydrogens is 272 g/mol. The molecular formula is C18H28N4. The topological polar surface area (TPSA) is 34.3 Å². The fourth-order valence-electron chi connectivity index (χ4n) is 3.26. The maximum Gasteiger partial charge on any atom is 0.0457 e. The molecule has 1 saturated heterocycles. The highest BCUT2D eigenvalue weighted by Crippen LogP contribution is 2.18. The van der Waals surface area contributed by atoms with Crippen molar-refractivity contribution < 1.29 is 0 Å². The molecule has 1 fully saturated rings. The van der Waals surface area contributed by atoms with Gasteiger partial charge in [-0.3, -0.25) is 0 Å². The molecule has 2 N–H and O–H groups in total. The second-order valence-electron chi connectivity index (χ2n) is 6.66. The average Bonchev–Trinajstić information content (AvgIpc) is 3.01. The molecule has 0 spiro atoms. The van der Waals surface area contributed by atoms with E-state index in [0.29, 0.717) is 6.04 Å². The highest BCUT2D eigenvalue weighted by molar-refractivity contribution is 5.82. The molecule has 0 saturated carbocycles. The van der Waals surface area contributed by atoms with E-state index in [1.54, 1.807) is 0 Å². The zero-order chi connectivity index (χ0) is 15.4. The Morgan fingerprint density at radius 1 is 1.23 bits per heavy atom. The molecule has 4 heteroatoms. The number of fused-ring (bicyclic) bond motifs is 1. The molecule has 2 aromatic rings. The van der Waals surface area contributed by atoms with E-state index >= 15 is 0 Å². The van der Waals surface area contributed by atoms with Gasteiger partial charge < -0.3 is 20.1 Å². The lowest BCUT2D eigenvalue weighted by Crippen LogP contribution is -2.44. The summed E-state index contributed by atoms with van der Waals surface area (Å²) < 4.78 is 0. The quantitative estimate of drug-likeness (QED) is 0.859. The van der Waals surface area contributed by atoms with Crippen molar-refractivity contribution in [3.8, 4) is 0 Å². The van der Waals surface area contributed by atoms with Gasteiger partial charge in [0.05, 0.1) is 0 Å². The monoisotopic (exact) mass is 300 g/mol. The minimum Gasteiger partial charge on any atom is -0.361 e. The molecule has 4 nitrogen and oxygen atoms in total. The third kappa shape index (κ3) is 3.88. The van der Waals surface area contributed by atoms with Crippen molar-refractivity contribution in [2.45, 2.75) is 25.4 Å². The molecule has 0 atom stereocenters. The lowest BCUT2D eigenvalue weighted by Gasteiger charge is -2.33. The lowest BCUT2D eigenvalue weighted by molar-refractivity contribution is 0.182. The fraction of sp³-hybridized carbons (Fsp3) is 0.556. The maximum absolute atomic E-state index is 3.75. The smallest absolute Gasteiger partial charge is 0.0457 e. The van der Waals surface area contributed by atoms with Crippen LogP contribution in [0.25, 0.3) is 10.9 Å². The van der Waals surface area contributed by atoms with Gasteiger partial charge in [-0.05, 0) is 57.7 Å². The second-order valence-corrected chi connectivity index (χ2v) is 6.66. The maximum atomic E-state index is 3.75. The first-order valence-corrected chi connectivity index (χ1v) is 8.38. The number of aromatic amines is 1. The number of H-pyrrole nitrogens is 1. The Labute approximate surface area is 133 Å². The van der Waals surface area contributed by atoms with Crippen LogP contribution in [-0.4, -0.2) is 61.1 Å². The van der Waals surface area contributed by atoms with Gasteiger partial charge in [-0.1, -0.05) is 12.1 Å². The Morgan fingerprint density at radius 2 is 2.05 bits per heavy atom. The minimum absolute atomic E-state index is 0.657. The van der Waals surface area contributed by atoms with Crippen LogP contribution in [0.2, 0.25) is 0 Å². The summed E-state index contributed by atoms with van der Waals surface area (Å²) >= 11 is 0. The predicted octanol–water partition coefficient (Wildman–Crippen LogP) is 2.28. The molecule has 3 rings (SSSR count). The zero-order valence-electron chi connectivity index (χ0n) is 13.8. The molecule has 1 aromatic carbocycles. The number of rotatable bonds is 6. The summed E-state index contributed by atoms with van der Waals surface area (Å²) in [5.41, 5.74) is 2.63. The van der Waals surface area contributed by atoms with Crippen molar-refractivity contribution in [3.05, 3.63) is 36.0 Å². The molecule has 22 heavy (non-hydrogen) atoms. The number of hydrogen-bond donors (Lipinski definition) is 2. The van der Waals surface area contributed by atoms with E-state index in [9.17, 15) is 0 Å². The number of likely N-dealkylation sites (tertiary alicyclic amines) is 1. The van der Waals surface area contributed by atoms with Crippen molar-refractivity contribution in [3.63, 3.8) is 0 Å². The van der Waals surface area contributed by atoms with Crippen LogP contribution in [0.1, 0.15) is 18.4 Å². The molecule has 1 aromatic heterocycles. The van der Waals surface area contributed by atoms with Crippen molar-refractivity contribution in [1.82, 2.24) is 20.1 Å². The SMILES string of the molecule is CN(C)CCN1CCC(NCc2cccc3[nH]ccc23)CC1. The van der Waals surface area contributed by atoms with Crippen LogP contribution in [0.3, 0.4) is 0 Å². The van der Waals surface area contributed by atoms with Crippen LogP contribution in [0.5, 0.6) is 0 Å². The average molecular weight is 300 g/mol. The van der Waals surface area contributed by atoms with Gasteiger partial charge in [0, 0.05) is 42.8 Å². The molecule has 0 unspecified atom stereocenters. The first-order valence-electron chi connectivity index (χ1n) is 8.38. The van der Waals surface area contributed by atoms with E-state index in [2.05, 4.69) is 58.5 Å². The van der Waals surface area contributed by atoms with E-state index in [0.717, 1.165) is 13.1 Å². The van der Waals surface area contributed by atoms with E-state index in [1.165, 1.54) is 48.9 Å². The first-order chi connectivity index (χ1) is 10.7. The molecule has 0 radical (unpaired) electrons. The van der Waals surface area contributed by atoms with E-state index in [1.807, 2.05) is 6.20 Å². The Hall–Kier alpha value is -1.36. The Balaban J connectivity index is 1.46. The minimum atomic E-state index is 0.657. The number of nitrogens with zero attached hydrogens (tertiary/aromatic N) is 2. The fourth-order valence-corrected chi connectivity index (χ4v) is 3.26. The molecule has 0 amide bonds.